The summed E-state index contributed by atoms with van der Waals surface area (Å²) in [4.78, 5) is 4.75. The van der Waals surface area contributed by atoms with E-state index < -0.39 is 29.5 Å². The third-order valence-electron chi connectivity index (χ3n) is 17.1. The Morgan fingerprint density at radius 3 is 1.53 bits per heavy atom. The third-order valence-corrected chi connectivity index (χ3v) is 17.1. The Morgan fingerprint density at radius 1 is 0.526 bits per heavy atom. The molecule has 1 radical (unpaired) electrons. The first kappa shape index (κ1) is 51.2. The van der Waals surface area contributed by atoms with Crippen LogP contribution in [0.5, 0.6) is 0 Å². The van der Waals surface area contributed by atoms with E-state index in [0.29, 0.717) is 0 Å². The average Bonchev–Trinajstić information content (AvgIpc) is 4.08. The van der Waals surface area contributed by atoms with E-state index in [0.717, 1.165) is 72.5 Å². The molecule has 9 aromatic rings. The summed E-state index contributed by atoms with van der Waals surface area (Å²) in [6.45, 7) is 29.1. The number of aliphatic hydroxyl groups is 1. The Labute approximate surface area is 451 Å². The predicted octanol–water partition coefficient (Wildman–Crippen LogP) is 15.4. The van der Waals surface area contributed by atoms with Gasteiger partial charge in [-0.05, 0) is 207 Å². The molecule has 7 nitrogen and oxygen atoms in total. The molecule has 8 aromatic carbocycles. The summed E-state index contributed by atoms with van der Waals surface area (Å²) >= 11 is 0. The molecule has 1 aromatic heterocycles. The zero-order chi connectivity index (χ0) is 53.9. The van der Waals surface area contributed by atoms with E-state index in [4.69, 9.17) is 14.0 Å². The van der Waals surface area contributed by atoms with Gasteiger partial charge in [0, 0.05) is 56.0 Å². The van der Waals surface area contributed by atoms with Crippen LogP contribution in [0.3, 0.4) is 0 Å². The molecule has 0 saturated carbocycles. The Balaban J connectivity index is 1.10. The van der Waals surface area contributed by atoms with Crippen molar-refractivity contribution in [3.05, 3.63) is 197 Å². The predicted molar refractivity (Wildman–Crippen MR) is 319 cm³/mol. The molecule has 9 heteroatoms. The average molecular weight is 1000 g/mol. The number of nitrogens with zero attached hydrogens (tertiary/aromatic N) is 3. The van der Waals surface area contributed by atoms with Gasteiger partial charge >= 0.3 is 14.6 Å². The molecule has 1 aliphatic carbocycles. The molecule has 0 spiro atoms. The molecule has 1 saturated heterocycles. The fraction of sp³-hybridized carbons (Fsp3) is 0.284. The van der Waals surface area contributed by atoms with Gasteiger partial charge in [-0.15, -0.1) is 0 Å². The quantitative estimate of drug-likeness (QED) is 0.123. The van der Waals surface area contributed by atoms with Crippen molar-refractivity contribution in [3.63, 3.8) is 0 Å². The lowest BCUT2D eigenvalue weighted by Gasteiger charge is -2.37. The van der Waals surface area contributed by atoms with Crippen LogP contribution < -0.4 is 20.7 Å². The van der Waals surface area contributed by atoms with Gasteiger partial charge in [-0.25, -0.2) is 0 Å². The lowest BCUT2D eigenvalue weighted by molar-refractivity contribution is -0.0893. The summed E-state index contributed by atoms with van der Waals surface area (Å²) < 4.78 is 21.7. The van der Waals surface area contributed by atoms with Crippen molar-refractivity contribution in [1.82, 2.24) is 4.57 Å². The molecular weight excluding hydrogens is 932 g/mol. The summed E-state index contributed by atoms with van der Waals surface area (Å²) in [6, 6.07) is 60.4. The van der Waals surface area contributed by atoms with Crippen LogP contribution in [0.1, 0.15) is 103 Å². The summed E-state index contributed by atoms with van der Waals surface area (Å²) in [5.41, 5.74) is 18.8. The van der Waals surface area contributed by atoms with Gasteiger partial charge < -0.3 is 33.4 Å². The largest absolute Gasteiger partial charge is 0.494 e. The topological polar surface area (TPSA) is 59.3 Å². The molecule has 1 aliphatic heterocycles. The fourth-order valence-electron chi connectivity index (χ4n) is 11.2. The summed E-state index contributed by atoms with van der Waals surface area (Å²) in [5.74, 6) is 0. The Kier molecular flexibility index (Phi) is 12.4. The summed E-state index contributed by atoms with van der Waals surface area (Å²) in [6.07, 6.45) is 0. The summed E-state index contributed by atoms with van der Waals surface area (Å²) in [7, 11) is 1.28. The van der Waals surface area contributed by atoms with Crippen LogP contribution in [0, 0.1) is 27.7 Å². The minimum atomic E-state index is -1.03. The molecular formula is C67H70B2N3O4. The normalized spacial score (nSPS) is 15.5. The minimum Gasteiger partial charge on any atom is -0.427 e. The molecule has 1 N–H and O–H groups in total. The number of fused-ring (bicyclic) bond motifs is 6. The van der Waals surface area contributed by atoms with Gasteiger partial charge in [-0.1, -0.05) is 109 Å². The molecule has 76 heavy (non-hydrogen) atoms. The Hall–Kier alpha value is -6.87. The maximum atomic E-state index is 10.8. The van der Waals surface area contributed by atoms with Crippen LogP contribution in [-0.4, -0.2) is 46.7 Å². The first-order chi connectivity index (χ1) is 35.9. The molecule has 383 valence electrons. The molecule has 1 fully saturated rings. The highest BCUT2D eigenvalue weighted by atomic mass is 16.7. The smallest absolute Gasteiger partial charge is 0.427 e. The van der Waals surface area contributed by atoms with Crippen LogP contribution in [0.25, 0.3) is 38.6 Å². The molecule has 2 heterocycles. The molecule has 0 atom stereocenters. The molecule has 11 rings (SSSR count). The van der Waals surface area contributed by atoms with E-state index in [1.165, 1.54) is 44.5 Å². The van der Waals surface area contributed by atoms with Crippen molar-refractivity contribution in [3.8, 4) is 16.8 Å². The van der Waals surface area contributed by atoms with Gasteiger partial charge in [-0.2, -0.15) is 0 Å². The maximum absolute atomic E-state index is 10.8. The zero-order valence-electron chi connectivity index (χ0n) is 46.8. The Bertz CT molecular complexity index is 3700. The number of aromatic nitrogens is 1. The van der Waals surface area contributed by atoms with Crippen LogP contribution in [0.2, 0.25) is 0 Å². The Morgan fingerprint density at radius 2 is 1.01 bits per heavy atom. The number of rotatable bonds is 12. The van der Waals surface area contributed by atoms with Crippen LogP contribution in [-0.2, 0) is 19.4 Å². The first-order valence-electron chi connectivity index (χ1n) is 26.8. The van der Waals surface area contributed by atoms with E-state index in [1.807, 2.05) is 13.8 Å². The van der Waals surface area contributed by atoms with E-state index >= 15 is 0 Å². The lowest BCUT2D eigenvalue weighted by Crippen LogP contribution is -2.49. The van der Waals surface area contributed by atoms with Gasteiger partial charge in [0.05, 0.1) is 33.4 Å². The number of hydrogen-bond donors (Lipinski definition) is 1. The molecule has 0 unspecified atom stereocenters. The zero-order valence-corrected chi connectivity index (χ0v) is 46.8. The van der Waals surface area contributed by atoms with Gasteiger partial charge in [0.25, 0.3) is 0 Å². The van der Waals surface area contributed by atoms with Crippen molar-refractivity contribution >= 4 is 81.5 Å². The second-order valence-electron chi connectivity index (χ2n) is 24.0. The highest BCUT2D eigenvalue weighted by molar-refractivity contribution is 6.62. The van der Waals surface area contributed by atoms with Gasteiger partial charge in [0.2, 0.25) is 0 Å². The number of hydrogen-bond acceptors (Lipinski definition) is 6. The van der Waals surface area contributed by atoms with E-state index in [1.54, 1.807) is 21.3 Å². The molecule has 2 aliphatic rings. The van der Waals surface area contributed by atoms with Crippen molar-refractivity contribution in [1.29, 1.82) is 0 Å². The van der Waals surface area contributed by atoms with Crippen molar-refractivity contribution < 1.29 is 19.1 Å². The SMILES string of the molecule is Cc1ccc(N(c2ccc([B]OC(C)(C)C(C)(C)O)cc2)c2ccc3c(c2)c2cc(N(c4ccc(B5OC(C)(C)C(C)(C)O5)cc4)c4ccc(C)cc4C)ccc2n3-c2ccc3c(c2)C(C)(C)c2ccccc2-3)c(C)c1. The third kappa shape index (κ3) is 8.75. The standard InChI is InChI=1S/C67H70B2N3O4/c1-42-19-33-59(44(3)37-42)70(48-25-21-46(22-26-48)68-74-65(9,10)64(7,8)73)50-30-35-61-55(39-50)56-40-51(31-36-62(56)72(61)52-29-32-54-53-17-15-16-18-57(53)63(5,6)58(54)41-52)71(60-34-20-43(2)38-45(60)4)49-27-23-47(24-28-49)69-75-66(11,12)67(13,14)76-69/h15-41,73H,1-14H3. The molecule has 0 amide bonds. The second kappa shape index (κ2) is 18.4. The van der Waals surface area contributed by atoms with Gasteiger partial charge in [0.15, 0.2) is 0 Å². The molecule has 0 bridgehead atoms. The second-order valence-corrected chi connectivity index (χ2v) is 24.0. The van der Waals surface area contributed by atoms with Crippen LogP contribution in [0.15, 0.2) is 164 Å². The highest BCUT2D eigenvalue weighted by Crippen LogP contribution is 2.50. The number of benzene rings is 8. The van der Waals surface area contributed by atoms with Crippen molar-refractivity contribution in [2.24, 2.45) is 0 Å². The lowest BCUT2D eigenvalue weighted by atomic mass is 9.79. The monoisotopic (exact) mass is 1000 g/mol. The van der Waals surface area contributed by atoms with E-state index in [-0.39, 0.29) is 5.41 Å². The van der Waals surface area contributed by atoms with Crippen molar-refractivity contribution in [2.75, 3.05) is 9.80 Å². The maximum Gasteiger partial charge on any atom is 0.494 e. The van der Waals surface area contributed by atoms with Gasteiger partial charge in [-0.3, -0.25) is 0 Å². The highest BCUT2D eigenvalue weighted by Gasteiger charge is 2.51. The first-order valence-corrected chi connectivity index (χ1v) is 26.8. The van der Waals surface area contributed by atoms with E-state index in [2.05, 4.69) is 247 Å². The number of anilines is 6. The minimum absolute atomic E-state index is 0.164. The van der Waals surface area contributed by atoms with Crippen LogP contribution in [0.4, 0.5) is 34.1 Å². The van der Waals surface area contributed by atoms with Crippen molar-refractivity contribution in [2.45, 2.75) is 125 Å². The summed E-state index contributed by atoms with van der Waals surface area (Å²) in [5, 5.41) is 13.1. The van der Waals surface area contributed by atoms with E-state index in [9.17, 15) is 5.11 Å². The van der Waals surface area contributed by atoms with Gasteiger partial charge in [0.1, 0.15) is 0 Å². The van der Waals surface area contributed by atoms with Crippen LogP contribution >= 0.6 is 0 Å². The fourth-order valence-corrected chi connectivity index (χ4v) is 11.2. The number of aryl methyl sites for hydroxylation is 4.